The van der Waals surface area contributed by atoms with Crippen molar-refractivity contribution in [3.8, 4) is 0 Å². The van der Waals surface area contributed by atoms with Gasteiger partial charge in [-0.15, -0.1) is 11.3 Å². The lowest BCUT2D eigenvalue weighted by atomic mass is 9.81. The number of nitrogens with one attached hydrogen (secondary N) is 2. The molecule has 1 aliphatic rings. The third-order valence-corrected chi connectivity index (χ3v) is 7.65. The summed E-state index contributed by atoms with van der Waals surface area (Å²) in [4.78, 5) is 16.2. The van der Waals surface area contributed by atoms with Crippen LogP contribution in [0.2, 0.25) is 0 Å². The highest BCUT2D eigenvalue weighted by Gasteiger charge is 2.33. The second-order valence-electron chi connectivity index (χ2n) is 8.13. The largest absolute Gasteiger partial charge is 0.466 e. The van der Waals surface area contributed by atoms with E-state index in [4.69, 9.17) is 9.84 Å². The number of benzene rings is 2. The molecule has 1 saturated heterocycles. The van der Waals surface area contributed by atoms with Crippen LogP contribution in [-0.4, -0.2) is 23.3 Å². The molecule has 3 unspecified atom stereocenters. The summed E-state index contributed by atoms with van der Waals surface area (Å²) in [5, 5.41) is 11.2. The van der Waals surface area contributed by atoms with Crippen LogP contribution in [0.1, 0.15) is 49.2 Å². The number of piperidine rings is 1. The summed E-state index contributed by atoms with van der Waals surface area (Å²) >= 11 is 8.50. The van der Waals surface area contributed by atoms with E-state index in [2.05, 4.69) is 103 Å². The van der Waals surface area contributed by atoms with E-state index in [1.165, 1.54) is 22.5 Å². The van der Waals surface area contributed by atoms with Gasteiger partial charge >= 0.3 is 5.97 Å². The number of rotatable bonds is 7. The number of anilines is 1. The molecule has 0 saturated carbocycles. The number of aromatic nitrogens is 1. The minimum atomic E-state index is -0.271. The highest BCUT2D eigenvalue weighted by Crippen LogP contribution is 2.36. The molecule has 0 aliphatic carbocycles. The third-order valence-electron chi connectivity index (χ3n) is 5.80. The van der Waals surface area contributed by atoms with Crippen molar-refractivity contribution in [3.63, 3.8) is 0 Å². The van der Waals surface area contributed by atoms with Crippen molar-refractivity contribution < 1.29 is 9.53 Å². The van der Waals surface area contributed by atoms with E-state index in [-0.39, 0.29) is 30.4 Å². The molecule has 2 aromatic carbocycles. The molecule has 1 fully saturated rings. The molecule has 0 bridgehead atoms. The number of hydrazone groups is 1. The number of thiazole rings is 1. The first kappa shape index (κ1) is 25.0. The Kier molecular flexibility index (Phi) is 8.52. The Balaban J connectivity index is 1.56. The van der Waals surface area contributed by atoms with Crippen LogP contribution in [0.3, 0.4) is 0 Å². The standard InChI is InChI=1S/C25H26Br2N4O2S/c1-3-33-23(32)12-20-14-34-25(28-20)31-30-21-13-22(16-4-8-18(26)9-5-16)29-24(15(21)2)17-6-10-19(27)11-7-17/h4-11,14-15,22,24,29H,3,12-13H2,1-2H3,(H,28,31)/b30-21-. The zero-order chi connectivity index (χ0) is 24.1. The molecule has 0 amide bonds. The minimum Gasteiger partial charge on any atom is -0.466 e. The molecule has 0 radical (unpaired) electrons. The van der Waals surface area contributed by atoms with E-state index in [9.17, 15) is 4.79 Å². The smallest absolute Gasteiger partial charge is 0.311 e. The number of carbonyl (C=O) groups is 1. The van der Waals surface area contributed by atoms with E-state index >= 15 is 0 Å². The van der Waals surface area contributed by atoms with Crippen molar-refractivity contribution in [2.24, 2.45) is 11.0 Å². The van der Waals surface area contributed by atoms with Gasteiger partial charge in [0, 0.05) is 44.5 Å². The molecule has 3 aromatic rings. The highest BCUT2D eigenvalue weighted by atomic mass is 79.9. The monoisotopic (exact) mass is 604 g/mol. The Bertz CT molecular complexity index is 1150. The highest BCUT2D eigenvalue weighted by molar-refractivity contribution is 9.10. The van der Waals surface area contributed by atoms with Gasteiger partial charge in [0.25, 0.3) is 0 Å². The number of hydrogen-bond donors (Lipinski definition) is 2. The predicted octanol–water partition coefficient (Wildman–Crippen LogP) is 6.65. The van der Waals surface area contributed by atoms with Crippen LogP contribution < -0.4 is 10.7 Å². The Morgan fingerprint density at radius 2 is 1.79 bits per heavy atom. The number of hydrogen-bond acceptors (Lipinski definition) is 7. The molecule has 2 N–H and O–H groups in total. The first-order chi connectivity index (χ1) is 16.4. The van der Waals surface area contributed by atoms with Crippen molar-refractivity contribution in [1.29, 1.82) is 0 Å². The average Bonchev–Trinajstić information content (AvgIpc) is 3.27. The normalized spacial score (nSPS) is 21.4. The van der Waals surface area contributed by atoms with Crippen molar-refractivity contribution in [3.05, 3.63) is 79.7 Å². The predicted molar refractivity (Wildman–Crippen MR) is 144 cm³/mol. The summed E-state index contributed by atoms with van der Waals surface area (Å²) in [7, 11) is 0. The first-order valence-electron chi connectivity index (χ1n) is 11.1. The van der Waals surface area contributed by atoms with Crippen LogP contribution in [0.5, 0.6) is 0 Å². The zero-order valence-corrected chi connectivity index (χ0v) is 22.9. The summed E-state index contributed by atoms with van der Waals surface area (Å²) in [5.74, 6) is -0.0911. The van der Waals surface area contributed by atoms with Gasteiger partial charge < -0.3 is 10.1 Å². The van der Waals surface area contributed by atoms with E-state index in [0.717, 1.165) is 21.1 Å². The molecule has 1 aliphatic heterocycles. The second kappa shape index (κ2) is 11.6. The van der Waals surface area contributed by atoms with E-state index in [0.29, 0.717) is 17.4 Å². The maximum absolute atomic E-state index is 11.7. The molecule has 34 heavy (non-hydrogen) atoms. The maximum atomic E-state index is 11.7. The fourth-order valence-electron chi connectivity index (χ4n) is 4.04. The van der Waals surface area contributed by atoms with Gasteiger partial charge in [-0.25, -0.2) is 4.98 Å². The van der Waals surface area contributed by atoms with Gasteiger partial charge in [0.05, 0.1) is 18.7 Å². The summed E-state index contributed by atoms with van der Waals surface area (Å²) in [5.41, 5.74) is 7.33. The molecule has 9 heteroatoms. The Morgan fingerprint density at radius 3 is 2.44 bits per heavy atom. The maximum Gasteiger partial charge on any atom is 0.311 e. The number of esters is 1. The number of ether oxygens (including phenoxy) is 1. The summed E-state index contributed by atoms with van der Waals surface area (Å²) in [6.07, 6.45) is 0.948. The lowest BCUT2D eigenvalue weighted by molar-refractivity contribution is -0.142. The molecule has 1 aromatic heterocycles. The molecule has 3 atom stereocenters. The summed E-state index contributed by atoms with van der Waals surface area (Å²) in [6.45, 7) is 4.37. The van der Waals surface area contributed by atoms with Gasteiger partial charge in [-0.3, -0.25) is 10.2 Å². The van der Waals surface area contributed by atoms with Crippen LogP contribution in [0.15, 0.2) is 68.0 Å². The van der Waals surface area contributed by atoms with E-state index in [1.54, 1.807) is 6.92 Å². The van der Waals surface area contributed by atoms with Gasteiger partial charge in [0.15, 0.2) is 0 Å². The number of nitrogens with zero attached hydrogens (tertiary/aromatic N) is 2. The second-order valence-corrected chi connectivity index (χ2v) is 10.8. The van der Waals surface area contributed by atoms with Crippen molar-refractivity contribution in [2.45, 2.75) is 38.8 Å². The first-order valence-corrected chi connectivity index (χ1v) is 13.6. The van der Waals surface area contributed by atoms with Crippen LogP contribution in [0, 0.1) is 5.92 Å². The van der Waals surface area contributed by atoms with Crippen molar-refractivity contribution in [1.82, 2.24) is 10.3 Å². The molecule has 178 valence electrons. The topological polar surface area (TPSA) is 75.6 Å². The van der Waals surface area contributed by atoms with E-state index < -0.39 is 0 Å². The van der Waals surface area contributed by atoms with E-state index in [1.807, 2.05) is 5.38 Å². The van der Waals surface area contributed by atoms with Gasteiger partial charge in [0.1, 0.15) is 0 Å². The molecule has 2 heterocycles. The summed E-state index contributed by atoms with van der Waals surface area (Å²) in [6, 6.07) is 17.1. The fraction of sp³-hybridized carbons (Fsp3) is 0.320. The Hall–Kier alpha value is -2.07. The number of halogens is 2. The molecule has 0 spiro atoms. The molecule has 6 nitrogen and oxygen atoms in total. The molecule has 4 rings (SSSR count). The minimum absolute atomic E-state index is 0.117. The zero-order valence-electron chi connectivity index (χ0n) is 18.9. The average molecular weight is 606 g/mol. The van der Waals surface area contributed by atoms with Crippen LogP contribution in [-0.2, 0) is 16.0 Å². The van der Waals surface area contributed by atoms with Crippen LogP contribution in [0.4, 0.5) is 5.13 Å². The fourth-order valence-corrected chi connectivity index (χ4v) is 5.22. The van der Waals surface area contributed by atoms with Crippen molar-refractivity contribution >= 4 is 60.0 Å². The Labute approximate surface area is 220 Å². The third kappa shape index (κ3) is 6.33. The lowest BCUT2D eigenvalue weighted by Gasteiger charge is -2.37. The van der Waals surface area contributed by atoms with Crippen LogP contribution >= 0.6 is 43.2 Å². The van der Waals surface area contributed by atoms with Gasteiger partial charge in [-0.2, -0.15) is 5.10 Å². The van der Waals surface area contributed by atoms with Crippen molar-refractivity contribution in [2.75, 3.05) is 12.0 Å². The van der Waals surface area contributed by atoms with Crippen LogP contribution in [0.25, 0.3) is 0 Å². The van der Waals surface area contributed by atoms with Gasteiger partial charge in [0.2, 0.25) is 5.13 Å². The van der Waals surface area contributed by atoms with Gasteiger partial charge in [-0.05, 0) is 42.3 Å². The lowest BCUT2D eigenvalue weighted by Crippen LogP contribution is -2.41. The quantitative estimate of drug-likeness (QED) is 0.233. The number of carbonyl (C=O) groups excluding carboxylic acids is 1. The Morgan fingerprint density at radius 1 is 1.15 bits per heavy atom. The molecular formula is C25H26Br2N4O2S. The molecular weight excluding hydrogens is 580 g/mol. The van der Waals surface area contributed by atoms with Gasteiger partial charge in [-0.1, -0.05) is 63.0 Å². The SMILES string of the molecule is CCOC(=O)Cc1csc(N/N=C2/CC(c3ccc(Br)cc3)NC(c3ccc(Br)cc3)C2C)n1. The summed E-state index contributed by atoms with van der Waals surface area (Å²) < 4.78 is 7.13.